The lowest BCUT2D eigenvalue weighted by atomic mass is 10.1. The van der Waals surface area contributed by atoms with Crippen molar-refractivity contribution in [3.8, 4) is 5.75 Å². The molecule has 0 aliphatic heterocycles. The van der Waals surface area contributed by atoms with Crippen LogP contribution in [-0.2, 0) is 0 Å². The van der Waals surface area contributed by atoms with Gasteiger partial charge in [-0.1, -0.05) is 6.07 Å². The molecule has 0 aliphatic carbocycles. The summed E-state index contributed by atoms with van der Waals surface area (Å²) in [6.07, 6.45) is 0. The maximum atomic E-state index is 12.6. The highest BCUT2D eigenvalue weighted by Gasteiger charge is 2.16. The largest absolute Gasteiger partial charge is 0.492 e. The fraction of sp³-hybridized carbons (Fsp3) is 0.250. The second kappa shape index (κ2) is 7.75. The molecule has 3 rings (SSSR count). The van der Waals surface area contributed by atoms with Gasteiger partial charge >= 0.3 is 0 Å². The maximum Gasteiger partial charge on any atom is 0.270 e. The molecule has 0 N–H and O–H groups in total. The molecule has 0 radical (unpaired) electrons. The zero-order valence-corrected chi connectivity index (χ0v) is 16.2. The number of hydrogen-bond acceptors (Lipinski definition) is 5. The number of likely N-dealkylation sites (N-methyl/N-ethyl adjacent to an activating group) is 1. The molecule has 1 heterocycles. The number of amides is 1. The number of carbonyl (C=O) groups excluding carboxylic acids is 1. The summed E-state index contributed by atoms with van der Waals surface area (Å²) in [6.45, 7) is 4.87. The van der Waals surface area contributed by atoms with Crippen LogP contribution >= 0.6 is 11.3 Å². The number of carbonyl (C=O) groups is 1. The van der Waals surface area contributed by atoms with Crippen LogP contribution in [0.5, 0.6) is 5.75 Å². The van der Waals surface area contributed by atoms with Gasteiger partial charge in [0.25, 0.3) is 11.6 Å². The number of hydrogen-bond donors (Lipinski definition) is 0. The smallest absolute Gasteiger partial charge is 0.270 e. The van der Waals surface area contributed by atoms with Gasteiger partial charge in [0, 0.05) is 29.3 Å². The summed E-state index contributed by atoms with van der Waals surface area (Å²) in [5.41, 5.74) is 2.29. The van der Waals surface area contributed by atoms with Crippen molar-refractivity contribution in [1.82, 2.24) is 4.90 Å². The minimum atomic E-state index is -0.435. The predicted octanol–water partition coefficient (Wildman–Crippen LogP) is 4.58. The van der Waals surface area contributed by atoms with Crippen molar-refractivity contribution in [2.45, 2.75) is 13.8 Å². The van der Waals surface area contributed by atoms with Crippen LogP contribution in [0, 0.1) is 24.0 Å². The van der Waals surface area contributed by atoms with E-state index in [1.807, 2.05) is 26.0 Å². The molecule has 0 fully saturated rings. The summed E-state index contributed by atoms with van der Waals surface area (Å²) in [4.78, 5) is 25.2. The number of ether oxygens (including phenoxy) is 1. The molecule has 6 nitrogen and oxygen atoms in total. The molecule has 0 bridgehead atoms. The first-order valence-electron chi connectivity index (χ1n) is 8.48. The molecule has 7 heteroatoms. The molecule has 0 atom stereocenters. The highest BCUT2D eigenvalue weighted by atomic mass is 32.1. The highest BCUT2D eigenvalue weighted by Crippen LogP contribution is 2.29. The maximum absolute atomic E-state index is 12.6. The van der Waals surface area contributed by atoms with E-state index in [2.05, 4.69) is 6.07 Å². The summed E-state index contributed by atoms with van der Waals surface area (Å²) < 4.78 is 6.61. The van der Waals surface area contributed by atoms with Gasteiger partial charge in [-0.15, -0.1) is 11.3 Å². The highest BCUT2D eigenvalue weighted by molar-refractivity contribution is 7.20. The monoisotopic (exact) mass is 384 g/mol. The number of fused-ring (bicyclic) bond motifs is 1. The minimum absolute atomic E-state index is 0.0227. The van der Waals surface area contributed by atoms with E-state index in [-0.39, 0.29) is 11.6 Å². The van der Waals surface area contributed by atoms with Crippen LogP contribution in [0.3, 0.4) is 0 Å². The lowest BCUT2D eigenvalue weighted by molar-refractivity contribution is -0.384. The van der Waals surface area contributed by atoms with E-state index in [1.165, 1.54) is 23.5 Å². The average Bonchev–Trinajstić information content (AvgIpc) is 3.03. The first-order valence-corrected chi connectivity index (χ1v) is 9.29. The summed E-state index contributed by atoms with van der Waals surface area (Å²) in [5, 5.41) is 11.6. The van der Waals surface area contributed by atoms with Crippen LogP contribution < -0.4 is 4.74 Å². The van der Waals surface area contributed by atoms with Crippen molar-refractivity contribution in [1.29, 1.82) is 0 Å². The quantitative estimate of drug-likeness (QED) is 0.461. The van der Waals surface area contributed by atoms with E-state index >= 15 is 0 Å². The Bertz CT molecular complexity index is 992. The molecule has 0 spiro atoms. The lowest BCUT2D eigenvalue weighted by Crippen LogP contribution is -2.30. The molecule has 1 aromatic heterocycles. The van der Waals surface area contributed by atoms with Gasteiger partial charge in [-0.3, -0.25) is 14.9 Å². The Kier molecular flexibility index (Phi) is 5.41. The number of aryl methyl sites for hydroxylation is 2. The van der Waals surface area contributed by atoms with Crippen molar-refractivity contribution >= 4 is 33.0 Å². The van der Waals surface area contributed by atoms with E-state index < -0.39 is 4.92 Å². The molecule has 0 aliphatic rings. The van der Waals surface area contributed by atoms with Gasteiger partial charge < -0.3 is 9.64 Å². The molecular formula is C20H20N2O4S. The Morgan fingerprint density at radius 1 is 1.15 bits per heavy atom. The normalized spacial score (nSPS) is 10.8. The number of nitro groups is 1. The summed E-state index contributed by atoms with van der Waals surface area (Å²) >= 11 is 1.33. The van der Waals surface area contributed by atoms with Gasteiger partial charge in [0.1, 0.15) is 12.4 Å². The summed E-state index contributed by atoms with van der Waals surface area (Å²) in [5.74, 6) is 0.672. The van der Waals surface area contributed by atoms with Crippen LogP contribution in [-0.4, -0.2) is 35.9 Å². The molecule has 0 saturated heterocycles. The zero-order valence-electron chi connectivity index (χ0n) is 15.4. The molecule has 3 aromatic rings. The zero-order chi connectivity index (χ0) is 19.6. The molecule has 27 heavy (non-hydrogen) atoms. The number of nitro benzene ring substituents is 1. The SMILES string of the molecule is Cc1cc(C)cc(OCCN(C)C(=O)c2cc3cc([N+](=O)[O-])ccc3s2)c1. The Morgan fingerprint density at radius 3 is 2.52 bits per heavy atom. The molecule has 0 saturated carbocycles. The van der Waals surface area contributed by atoms with Gasteiger partial charge in [0.15, 0.2) is 0 Å². The molecule has 140 valence electrons. The van der Waals surface area contributed by atoms with Gasteiger partial charge in [-0.25, -0.2) is 0 Å². The molecule has 0 unspecified atom stereocenters. The van der Waals surface area contributed by atoms with Crippen molar-refractivity contribution in [3.05, 3.63) is 68.6 Å². The number of rotatable bonds is 6. The Morgan fingerprint density at radius 2 is 1.85 bits per heavy atom. The van der Waals surface area contributed by atoms with Gasteiger partial charge in [0.2, 0.25) is 0 Å². The van der Waals surface area contributed by atoms with Crippen molar-refractivity contribution in [2.75, 3.05) is 20.2 Å². The second-order valence-electron chi connectivity index (χ2n) is 6.49. The second-order valence-corrected chi connectivity index (χ2v) is 7.57. The first kappa shape index (κ1) is 18.8. The van der Waals surface area contributed by atoms with Crippen molar-refractivity contribution < 1.29 is 14.5 Å². The molecular weight excluding hydrogens is 364 g/mol. The van der Waals surface area contributed by atoms with E-state index in [0.717, 1.165) is 21.6 Å². The Hall–Kier alpha value is -2.93. The Balaban J connectivity index is 1.64. The van der Waals surface area contributed by atoms with E-state index in [0.29, 0.717) is 23.4 Å². The third kappa shape index (κ3) is 4.43. The summed E-state index contributed by atoms with van der Waals surface area (Å²) in [7, 11) is 1.72. The van der Waals surface area contributed by atoms with Gasteiger partial charge in [0.05, 0.1) is 16.3 Å². The predicted molar refractivity (Wildman–Crippen MR) is 107 cm³/mol. The van der Waals surface area contributed by atoms with Crippen LogP contribution in [0.15, 0.2) is 42.5 Å². The van der Waals surface area contributed by atoms with Crippen molar-refractivity contribution in [3.63, 3.8) is 0 Å². The minimum Gasteiger partial charge on any atom is -0.492 e. The topological polar surface area (TPSA) is 72.7 Å². The number of thiophene rings is 1. The summed E-state index contributed by atoms with van der Waals surface area (Å²) in [6, 6.07) is 12.3. The van der Waals surface area contributed by atoms with Crippen LogP contribution in [0.2, 0.25) is 0 Å². The molecule has 2 aromatic carbocycles. The standard InChI is InChI=1S/C20H20N2O4S/c1-13-8-14(2)10-17(9-13)26-7-6-21(3)20(23)19-12-15-11-16(22(24)25)4-5-18(15)27-19/h4-5,8-12H,6-7H2,1-3H3. The van der Waals surface area contributed by atoms with E-state index in [1.54, 1.807) is 24.1 Å². The lowest BCUT2D eigenvalue weighted by Gasteiger charge is -2.17. The Labute approximate surface area is 161 Å². The van der Waals surface area contributed by atoms with Crippen LogP contribution in [0.1, 0.15) is 20.8 Å². The van der Waals surface area contributed by atoms with Crippen LogP contribution in [0.25, 0.3) is 10.1 Å². The third-order valence-electron chi connectivity index (χ3n) is 4.16. The fourth-order valence-electron chi connectivity index (χ4n) is 2.86. The number of benzene rings is 2. The van der Waals surface area contributed by atoms with Crippen LogP contribution in [0.4, 0.5) is 5.69 Å². The third-order valence-corrected chi connectivity index (χ3v) is 5.26. The van der Waals surface area contributed by atoms with Gasteiger partial charge in [-0.05, 0) is 49.2 Å². The number of non-ortho nitro benzene ring substituents is 1. The van der Waals surface area contributed by atoms with E-state index in [4.69, 9.17) is 4.74 Å². The average molecular weight is 384 g/mol. The number of nitrogens with zero attached hydrogens (tertiary/aromatic N) is 2. The fourth-order valence-corrected chi connectivity index (χ4v) is 3.89. The molecule has 1 amide bonds. The van der Waals surface area contributed by atoms with E-state index in [9.17, 15) is 14.9 Å². The van der Waals surface area contributed by atoms with Gasteiger partial charge in [-0.2, -0.15) is 0 Å². The van der Waals surface area contributed by atoms with Crippen molar-refractivity contribution in [2.24, 2.45) is 0 Å². The first-order chi connectivity index (χ1) is 12.8.